The van der Waals surface area contributed by atoms with E-state index < -0.39 is 0 Å². The van der Waals surface area contributed by atoms with Gasteiger partial charge in [0.15, 0.2) is 0 Å². The number of carbonyl (C=O) groups excluding carboxylic acids is 1. The summed E-state index contributed by atoms with van der Waals surface area (Å²) in [6, 6.07) is 6.65. The summed E-state index contributed by atoms with van der Waals surface area (Å²) in [5.41, 5.74) is 10.2. The Kier molecular flexibility index (Phi) is 4.79. The summed E-state index contributed by atoms with van der Waals surface area (Å²) in [5, 5.41) is 0. The molecule has 1 aliphatic heterocycles. The van der Waals surface area contributed by atoms with E-state index in [1.165, 1.54) is 48.8 Å². The van der Waals surface area contributed by atoms with Crippen molar-refractivity contribution in [2.24, 2.45) is 11.7 Å². The quantitative estimate of drug-likeness (QED) is 0.930. The summed E-state index contributed by atoms with van der Waals surface area (Å²) in [5.74, 6) is 0.663. The van der Waals surface area contributed by atoms with E-state index in [1.54, 1.807) is 7.11 Å². The fraction of sp³-hybridized carbons (Fsp3) is 0.611. The largest absolute Gasteiger partial charge is 0.375 e. The van der Waals surface area contributed by atoms with Crippen molar-refractivity contribution < 1.29 is 9.53 Å². The predicted octanol–water partition coefficient (Wildman–Crippen LogP) is 2.76. The Hall–Kier alpha value is -1.39. The Balaban J connectivity index is 1.70. The molecule has 1 aromatic rings. The lowest BCUT2D eigenvalue weighted by atomic mass is 9.81. The normalized spacial score (nSPS) is 20.0. The summed E-state index contributed by atoms with van der Waals surface area (Å²) < 4.78 is 4.94. The zero-order valence-electron chi connectivity index (χ0n) is 13.4. The van der Waals surface area contributed by atoms with Gasteiger partial charge in [0.25, 0.3) is 0 Å². The maximum atomic E-state index is 12.0. The first kappa shape index (κ1) is 15.5. The maximum absolute atomic E-state index is 12.0. The molecular weight excluding hydrogens is 276 g/mol. The van der Waals surface area contributed by atoms with Gasteiger partial charge in [0.1, 0.15) is 6.61 Å². The predicted molar refractivity (Wildman–Crippen MR) is 86.1 cm³/mol. The third-order valence-corrected chi connectivity index (χ3v) is 5.12. The third kappa shape index (κ3) is 3.18. The summed E-state index contributed by atoms with van der Waals surface area (Å²) >= 11 is 0. The number of fused-ring (bicyclic) bond motifs is 1. The van der Waals surface area contributed by atoms with Crippen LogP contribution in [0.25, 0.3) is 0 Å². The van der Waals surface area contributed by atoms with Crippen LogP contribution in [0.15, 0.2) is 18.2 Å². The Bertz CT molecular complexity index is 538. The van der Waals surface area contributed by atoms with E-state index in [1.807, 2.05) is 4.90 Å². The number of amides is 1. The molecule has 0 saturated heterocycles. The molecule has 1 fully saturated rings. The summed E-state index contributed by atoms with van der Waals surface area (Å²) in [6.07, 6.45) is 6.46. The molecule has 1 saturated carbocycles. The molecule has 1 aromatic carbocycles. The number of nitrogens with zero attached hydrogens (tertiary/aromatic N) is 1. The maximum Gasteiger partial charge on any atom is 0.249 e. The van der Waals surface area contributed by atoms with Crippen LogP contribution < -0.4 is 5.73 Å². The highest BCUT2D eigenvalue weighted by molar-refractivity contribution is 5.78. The molecule has 1 heterocycles. The molecule has 0 spiro atoms. The average molecular weight is 302 g/mol. The number of carbonyl (C=O) groups is 1. The van der Waals surface area contributed by atoms with Crippen LogP contribution in [0.2, 0.25) is 0 Å². The fourth-order valence-electron chi connectivity index (χ4n) is 3.78. The van der Waals surface area contributed by atoms with E-state index in [0.717, 1.165) is 0 Å². The number of benzene rings is 1. The highest BCUT2D eigenvalue weighted by Crippen LogP contribution is 2.34. The monoisotopic (exact) mass is 302 g/mol. The van der Waals surface area contributed by atoms with Crippen molar-refractivity contribution in [2.45, 2.75) is 51.2 Å². The fourth-order valence-corrected chi connectivity index (χ4v) is 3.78. The molecule has 22 heavy (non-hydrogen) atoms. The molecule has 4 heteroatoms. The van der Waals surface area contributed by atoms with Gasteiger partial charge in [-0.25, -0.2) is 0 Å². The van der Waals surface area contributed by atoms with E-state index >= 15 is 0 Å². The molecule has 1 amide bonds. The number of methoxy groups -OCH3 is 1. The van der Waals surface area contributed by atoms with Gasteiger partial charge in [-0.1, -0.05) is 37.5 Å². The van der Waals surface area contributed by atoms with Crippen molar-refractivity contribution in [1.82, 2.24) is 4.90 Å². The second-order valence-corrected chi connectivity index (χ2v) is 6.63. The van der Waals surface area contributed by atoms with E-state index in [9.17, 15) is 4.79 Å². The van der Waals surface area contributed by atoms with Crippen LogP contribution in [-0.2, 0) is 22.6 Å². The molecule has 3 rings (SSSR count). The molecule has 4 nitrogen and oxygen atoms in total. The number of hydrogen-bond acceptors (Lipinski definition) is 3. The van der Waals surface area contributed by atoms with Gasteiger partial charge >= 0.3 is 0 Å². The zero-order chi connectivity index (χ0) is 15.5. The SMILES string of the molecule is COCC(=O)N1Cc2ccc(C(N)C3CCCCC3)cc2C1. The Morgan fingerprint density at radius 1 is 1.27 bits per heavy atom. The van der Waals surface area contributed by atoms with Crippen molar-refractivity contribution in [3.05, 3.63) is 34.9 Å². The molecule has 2 aliphatic rings. The molecule has 0 aromatic heterocycles. The summed E-state index contributed by atoms with van der Waals surface area (Å²) in [4.78, 5) is 13.8. The highest BCUT2D eigenvalue weighted by Gasteiger charge is 2.26. The van der Waals surface area contributed by atoms with Gasteiger partial charge in [-0.2, -0.15) is 0 Å². The molecule has 1 aliphatic carbocycles. The van der Waals surface area contributed by atoms with Crippen molar-refractivity contribution in [3.63, 3.8) is 0 Å². The smallest absolute Gasteiger partial charge is 0.249 e. The second kappa shape index (κ2) is 6.80. The third-order valence-electron chi connectivity index (χ3n) is 5.12. The Morgan fingerprint density at radius 3 is 2.73 bits per heavy atom. The van der Waals surface area contributed by atoms with Crippen LogP contribution in [0, 0.1) is 5.92 Å². The molecule has 0 bridgehead atoms. The minimum atomic E-state index is 0.0526. The second-order valence-electron chi connectivity index (χ2n) is 6.63. The molecule has 2 N–H and O–H groups in total. The lowest BCUT2D eigenvalue weighted by Gasteiger charge is -2.28. The van der Waals surface area contributed by atoms with Crippen LogP contribution in [0.3, 0.4) is 0 Å². The molecule has 1 unspecified atom stereocenters. The van der Waals surface area contributed by atoms with Crippen LogP contribution in [-0.4, -0.2) is 24.5 Å². The number of ether oxygens (including phenoxy) is 1. The Morgan fingerprint density at radius 2 is 2.00 bits per heavy atom. The van der Waals surface area contributed by atoms with Gasteiger partial charge in [-0.15, -0.1) is 0 Å². The van der Waals surface area contributed by atoms with Crippen molar-refractivity contribution in [1.29, 1.82) is 0 Å². The first-order valence-electron chi connectivity index (χ1n) is 8.33. The van der Waals surface area contributed by atoms with Crippen molar-refractivity contribution in [3.8, 4) is 0 Å². The molecule has 120 valence electrons. The lowest BCUT2D eigenvalue weighted by molar-refractivity contribution is -0.135. The molecule has 1 atom stereocenters. The van der Waals surface area contributed by atoms with Gasteiger partial charge < -0.3 is 15.4 Å². The van der Waals surface area contributed by atoms with Crippen LogP contribution in [0.5, 0.6) is 0 Å². The van der Waals surface area contributed by atoms with Crippen molar-refractivity contribution >= 4 is 5.91 Å². The number of hydrogen-bond donors (Lipinski definition) is 1. The van der Waals surface area contributed by atoms with E-state index in [-0.39, 0.29) is 18.6 Å². The van der Waals surface area contributed by atoms with Crippen LogP contribution in [0.1, 0.15) is 54.8 Å². The van der Waals surface area contributed by atoms with E-state index in [0.29, 0.717) is 19.0 Å². The van der Waals surface area contributed by atoms with Gasteiger partial charge in [0.05, 0.1) is 0 Å². The molecular formula is C18H26N2O2. The minimum Gasteiger partial charge on any atom is -0.375 e. The van der Waals surface area contributed by atoms with E-state index in [4.69, 9.17) is 10.5 Å². The van der Waals surface area contributed by atoms with E-state index in [2.05, 4.69) is 18.2 Å². The number of nitrogens with two attached hydrogens (primary N) is 1. The van der Waals surface area contributed by atoms with Crippen LogP contribution in [0.4, 0.5) is 0 Å². The standard InChI is InChI=1S/C18H26N2O2/c1-22-12-17(21)20-10-15-8-7-14(9-16(15)11-20)18(19)13-5-3-2-4-6-13/h7-9,13,18H,2-6,10-12,19H2,1H3. The van der Waals surface area contributed by atoms with Gasteiger partial charge in [-0.3, -0.25) is 4.79 Å². The van der Waals surface area contributed by atoms with Crippen molar-refractivity contribution in [2.75, 3.05) is 13.7 Å². The Labute approximate surface area is 132 Å². The first-order chi connectivity index (χ1) is 10.7. The summed E-state index contributed by atoms with van der Waals surface area (Å²) in [7, 11) is 1.56. The number of rotatable bonds is 4. The first-order valence-corrected chi connectivity index (χ1v) is 8.33. The summed E-state index contributed by atoms with van der Waals surface area (Å²) in [6.45, 7) is 1.53. The van der Waals surface area contributed by atoms with Gasteiger partial charge in [0.2, 0.25) is 5.91 Å². The topological polar surface area (TPSA) is 55.6 Å². The minimum absolute atomic E-state index is 0.0526. The average Bonchev–Trinajstić information content (AvgIpc) is 2.98. The van der Waals surface area contributed by atoms with Gasteiger partial charge in [0, 0.05) is 26.2 Å². The van der Waals surface area contributed by atoms with Gasteiger partial charge in [-0.05, 0) is 35.4 Å². The zero-order valence-corrected chi connectivity index (χ0v) is 13.4. The van der Waals surface area contributed by atoms with Crippen LogP contribution >= 0.6 is 0 Å². The highest BCUT2D eigenvalue weighted by atomic mass is 16.5. The lowest BCUT2D eigenvalue weighted by Crippen LogP contribution is -2.28. The molecule has 0 radical (unpaired) electrons.